The van der Waals surface area contributed by atoms with Gasteiger partial charge in [-0.05, 0) is 18.1 Å². The Morgan fingerprint density at radius 1 is 1.21 bits per heavy atom. The molecule has 1 amide bonds. The topological polar surface area (TPSA) is 112 Å². The quantitative estimate of drug-likeness (QED) is 0.766. The Hall–Kier alpha value is -2.88. The third kappa shape index (κ3) is 3.98. The molecular formula is C19H19F2N3O4S. The molecule has 0 fully saturated rings. The van der Waals surface area contributed by atoms with Gasteiger partial charge in [-0.15, -0.1) is 0 Å². The van der Waals surface area contributed by atoms with Gasteiger partial charge in [0.1, 0.15) is 6.10 Å². The number of aromatic nitrogens is 1. The predicted octanol–water partition coefficient (Wildman–Crippen LogP) is 2.20. The monoisotopic (exact) mass is 423 g/mol. The molecule has 3 rings (SSSR count). The first kappa shape index (κ1) is 20.8. The first-order chi connectivity index (χ1) is 13.5. The van der Waals surface area contributed by atoms with Crippen molar-refractivity contribution in [1.29, 1.82) is 0 Å². The van der Waals surface area contributed by atoms with Crippen LogP contribution in [0.5, 0.6) is 0 Å². The van der Waals surface area contributed by atoms with E-state index in [9.17, 15) is 22.0 Å². The Morgan fingerprint density at radius 3 is 2.28 bits per heavy atom. The van der Waals surface area contributed by atoms with E-state index in [2.05, 4.69) is 10.1 Å². The number of amides is 1. The molecule has 1 aliphatic rings. The molecule has 0 aliphatic carbocycles. The summed E-state index contributed by atoms with van der Waals surface area (Å²) >= 11 is 0. The van der Waals surface area contributed by atoms with E-state index in [1.807, 2.05) is 0 Å². The fourth-order valence-corrected chi connectivity index (χ4v) is 3.95. The molecule has 154 valence electrons. The molecule has 2 heterocycles. The van der Waals surface area contributed by atoms with Gasteiger partial charge in [0.15, 0.2) is 26.2 Å². The second kappa shape index (κ2) is 7.51. The van der Waals surface area contributed by atoms with Crippen molar-refractivity contribution in [3.8, 4) is 11.1 Å². The average molecular weight is 423 g/mol. The molecule has 2 N–H and O–H groups in total. The lowest BCUT2D eigenvalue weighted by molar-refractivity contribution is -0.121. The van der Waals surface area contributed by atoms with E-state index in [-0.39, 0.29) is 18.4 Å². The standard InChI is InChI=1S/C19H19F2N3O4S/c1-19(18(22)25,29(2,26)27)8-13-7-16(24-28-13)11-3-5-12(6-4-11)17-14(20)9-23-10-15(17)21/h3-6,9-10,13H,7-8H2,1-2H3,(H2,22,25). The lowest BCUT2D eigenvalue weighted by Gasteiger charge is -2.25. The molecule has 1 aliphatic heterocycles. The summed E-state index contributed by atoms with van der Waals surface area (Å²) in [5.41, 5.74) is 6.62. The van der Waals surface area contributed by atoms with Crippen molar-refractivity contribution in [2.75, 3.05) is 6.26 Å². The fourth-order valence-electron chi connectivity index (χ4n) is 3.09. The van der Waals surface area contributed by atoms with Crippen LogP contribution in [0.2, 0.25) is 0 Å². The molecule has 2 unspecified atom stereocenters. The Labute approximate surface area is 166 Å². The van der Waals surface area contributed by atoms with Crippen LogP contribution in [0, 0.1) is 11.6 Å². The summed E-state index contributed by atoms with van der Waals surface area (Å²) in [6.45, 7) is 1.26. The van der Waals surface area contributed by atoms with Crippen molar-refractivity contribution < 1.29 is 26.8 Å². The zero-order valence-corrected chi connectivity index (χ0v) is 16.5. The number of sulfone groups is 1. The van der Waals surface area contributed by atoms with Crippen LogP contribution in [-0.4, -0.2) is 42.1 Å². The van der Waals surface area contributed by atoms with Gasteiger partial charge in [0, 0.05) is 19.1 Å². The molecule has 1 aromatic carbocycles. The van der Waals surface area contributed by atoms with Gasteiger partial charge < -0.3 is 10.6 Å². The molecule has 7 nitrogen and oxygen atoms in total. The molecule has 0 spiro atoms. The molecule has 29 heavy (non-hydrogen) atoms. The Balaban J connectivity index is 1.76. The van der Waals surface area contributed by atoms with Crippen LogP contribution in [0.15, 0.2) is 41.8 Å². The highest BCUT2D eigenvalue weighted by Gasteiger charge is 2.45. The van der Waals surface area contributed by atoms with Gasteiger partial charge in [-0.25, -0.2) is 17.2 Å². The van der Waals surface area contributed by atoms with Crippen LogP contribution >= 0.6 is 0 Å². The minimum atomic E-state index is -3.76. The summed E-state index contributed by atoms with van der Waals surface area (Å²) in [5, 5.41) is 3.96. The number of hydrogen-bond donors (Lipinski definition) is 1. The van der Waals surface area contributed by atoms with Crippen molar-refractivity contribution in [1.82, 2.24) is 4.98 Å². The summed E-state index contributed by atoms with van der Waals surface area (Å²) in [5.74, 6) is -2.50. The Morgan fingerprint density at radius 2 is 1.76 bits per heavy atom. The number of halogens is 2. The highest BCUT2D eigenvalue weighted by molar-refractivity contribution is 7.92. The summed E-state index contributed by atoms with van der Waals surface area (Å²) in [4.78, 5) is 20.5. The number of nitrogens with two attached hydrogens (primary N) is 1. The van der Waals surface area contributed by atoms with Crippen LogP contribution < -0.4 is 5.73 Å². The van der Waals surface area contributed by atoms with E-state index in [4.69, 9.17) is 10.6 Å². The van der Waals surface area contributed by atoms with Gasteiger partial charge in [0.2, 0.25) is 5.91 Å². The maximum Gasteiger partial charge on any atom is 0.238 e. The van der Waals surface area contributed by atoms with Gasteiger partial charge in [0.05, 0.1) is 23.7 Å². The van der Waals surface area contributed by atoms with Crippen LogP contribution in [0.4, 0.5) is 8.78 Å². The molecule has 2 aromatic rings. The largest absolute Gasteiger partial charge is 0.392 e. The highest BCUT2D eigenvalue weighted by atomic mass is 32.2. The maximum atomic E-state index is 13.9. The van der Waals surface area contributed by atoms with E-state index in [1.165, 1.54) is 19.1 Å². The summed E-state index contributed by atoms with van der Waals surface area (Å²) < 4.78 is 50.0. The van der Waals surface area contributed by atoms with Gasteiger partial charge in [-0.3, -0.25) is 9.78 Å². The summed E-state index contributed by atoms with van der Waals surface area (Å²) in [7, 11) is -3.76. The van der Waals surface area contributed by atoms with Crippen LogP contribution in [0.3, 0.4) is 0 Å². The lowest BCUT2D eigenvalue weighted by atomic mass is 9.95. The fraction of sp³-hybridized carbons (Fsp3) is 0.316. The summed E-state index contributed by atoms with van der Waals surface area (Å²) in [6, 6.07) is 6.33. The normalized spacial score (nSPS) is 18.6. The van der Waals surface area contributed by atoms with Gasteiger partial charge in [-0.1, -0.05) is 29.4 Å². The number of primary amides is 1. The minimum Gasteiger partial charge on any atom is -0.392 e. The zero-order chi connectivity index (χ0) is 21.4. The van der Waals surface area contributed by atoms with Crippen molar-refractivity contribution in [3.05, 3.63) is 53.9 Å². The SMILES string of the molecule is CC(CC1CC(c2ccc(-c3c(F)cncc3F)cc2)=NO1)(C(N)=O)S(C)(=O)=O. The van der Waals surface area contributed by atoms with Gasteiger partial charge >= 0.3 is 0 Å². The predicted molar refractivity (Wildman–Crippen MR) is 103 cm³/mol. The number of carbonyl (C=O) groups is 1. The zero-order valence-electron chi connectivity index (χ0n) is 15.7. The molecular weight excluding hydrogens is 404 g/mol. The molecule has 1 aromatic heterocycles. The van der Waals surface area contributed by atoms with E-state index in [1.54, 1.807) is 12.1 Å². The number of pyridine rings is 1. The molecule has 0 saturated carbocycles. The van der Waals surface area contributed by atoms with E-state index in [0.717, 1.165) is 18.6 Å². The first-order valence-electron chi connectivity index (χ1n) is 8.65. The number of nitrogens with zero attached hydrogens (tertiary/aromatic N) is 2. The first-order valence-corrected chi connectivity index (χ1v) is 10.5. The molecule has 0 saturated heterocycles. The second-order valence-corrected chi connectivity index (χ2v) is 9.54. The third-order valence-electron chi connectivity index (χ3n) is 5.05. The highest BCUT2D eigenvalue weighted by Crippen LogP contribution is 2.30. The van der Waals surface area contributed by atoms with Crippen LogP contribution in [0.25, 0.3) is 11.1 Å². The lowest BCUT2D eigenvalue weighted by Crippen LogP contribution is -2.49. The minimum absolute atomic E-state index is 0.139. The molecule has 2 atom stereocenters. The van der Waals surface area contributed by atoms with Crippen molar-refractivity contribution in [2.24, 2.45) is 10.9 Å². The van der Waals surface area contributed by atoms with Crippen molar-refractivity contribution in [2.45, 2.75) is 30.6 Å². The Kier molecular flexibility index (Phi) is 5.40. The number of rotatable bonds is 6. The Bertz CT molecular complexity index is 1070. The number of benzene rings is 1. The van der Waals surface area contributed by atoms with Crippen molar-refractivity contribution >= 4 is 21.5 Å². The maximum absolute atomic E-state index is 13.9. The number of hydrogen-bond acceptors (Lipinski definition) is 6. The van der Waals surface area contributed by atoms with E-state index < -0.39 is 38.2 Å². The van der Waals surface area contributed by atoms with E-state index >= 15 is 0 Å². The van der Waals surface area contributed by atoms with Crippen molar-refractivity contribution in [3.63, 3.8) is 0 Å². The molecule has 0 radical (unpaired) electrons. The third-order valence-corrected chi connectivity index (χ3v) is 7.05. The molecule has 0 bridgehead atoms. The van der Waals surface area contributed by atoms with Gasteiger partial charge in [-0.2, -0.15) is 0 Å². The van der Waals surface area contributed by atoms with E-state index in [0.29, 0.717) is 16.8 Å². The van der Waals surface area contributed by atoms with Crippen LogP contribution in [-0.2, 0) is 19.5 Å². The smallest absolute Gasteiger partial charge is 0.238 e. The number of carbonyl (C=O) groups excluding carboxylic acids is 1. The molecule has 10 heteroatoms. The average Bonchev–Trinajstić information content (AvgIpc) is 3.09. The second-order valence-electron chi connectivity index (χ2n) is 7.10. The van der Waals surface area contributed by atoms with Crippen LogP contribution in [0.1, 0.15) is 25.3 Å². The number of oxime groups is 1. The summed E-state index contributed by atoms with van der Waals surface area (Å²) in [6.07, 6.45) is 2.29. The van der Waals surface area contributed by atoms with Gasteiger partial charge in [0.25, 0.3) is 0 Å².